The van der Waals surface area contributed by atoms with E-state index in [2.05, 4.69) is 10.6 Å². The highest BCUT2D eigenvalue weighted by Gasteiger charge is 2.35. The van der Waals surface area contributed by atoms with Gasteiger partial charge in [0.15, 0.2) is 11.6 Å². The number of hydrogen-bond acceptors (Lipinski definition) is 3. The third-order valence-electron chi connectivity index (χ3n) is 4.15. The number of rotatable bonds is 7. The fourth-order valence-corrected chi connectivity index (χ4v) is 2.33. The van der Waals surface area contributed by atoms with E-state index in [0.717, 1.165) is 23.4 Å². The first-order valence-electron chi connectivity index (χ1n) is 8.42. The number of hydrogen-bond donors (Lipinski definition) is 2. The number of benzene rings is 2. The molecule has 2 N–H and O–H groups in total. The lowest BCUT2D eigenvalue weighted by Crippen LogP contribution is -2.45. The molecule has 144 valence electrons. The first kappa shape index (κ1) is 20.4. The molecular weight excluding hydrogens is 354 g/mol. The van der Waals surface area contributed by atoms with Gasteiger partial charge in [0.25, 0.3) is 0 Å². The summed E-state index contributed by atoms with van der Waals surface area (Å²) in [6.07, 6.45) is 0.573. The molecule has 2 amide bonds. The van der Waals surface area contributed by atoms with Crippen LogP contribution >= 0.6 is 0 Å². The number of carbonyl (C=O) groups is 2. The Morgan fingerprint density at radius 2 is 1.78 bits per heavy atom. The third-order valence-corrected chi connectivity index (χ3v) is 4.15. The van der Waals surface area contributed by atoms with Crippen molar-refractivity contribution in [3.8, 4) is 5.75 Å². The Kier molecular flexibility index (Phi) is 6.50. The van der Waals surface area contributed by atoms with Crippen LogP contribution in [0.1, 0.15) is 19.4 Å². The fourth-order valence-electron chi connectivity index (χ4n) is 2.33. The van der Waals surface area contributed by atoms with Crippen LogP contribution in [0.3, 0.4) is 0 Å². The van der Waals surface area contributed by atoms with Gasteiger partial charge in [0, 0.05) is 18.3 Å². The van der Waals surface area contributed by atoms with Crippen molar-refractivity contribution in [2.24, 2.45) is 5.41 Å². The van der Waals surface area contributed by atoms with Crippen LogP contribution in [-0.4, -0.2) is 25.5 Å². The van der Waals surface area contributed by atoms with Crippen molar-refractivity contribution >= 4 is 17.5 Å². The summed E-state index contributed by atoms with van der Waals surface area (Å²) in [7, 11) is 1.58. The number of carbonyl (C=O) groups excluding carboxylic acids is 2. The summed E-state index contributed by atoms with van der Waals surface area (Å²) < 4.78 is 31.4. The predicted octanol–water partition coefficient (Wildman–Crippen LogP) is 3.30. The van der Waals surface area contributed by atoms with E-state index in [0.29, 0.717) is 13.0 Å². The molecule has 2 aromatic carbocycles. The third kappa shape index (κ3) is 5.26. The summed E-state index contributed by atoms with van der Waals surface area (Å²) in [5.41, 5.74) is -0.325. The van der Waals surface area contributed by atoms with Gasteiger partial charge in [0.05, 0.1) is 7.11 Å². The maximum Gasteiger partial charge on any atom is 0.239 e. The van der Waals surface area contributed by atoms with E-state index in [1.807, 2.05) is 24.3 Å². The minimum Gasteiger partial charge on any atom is -0.497 e. The van der Waals surface area contributed by atoms with Gasteiger partial charge in [-0.05, 0) is 50.1 Å². The second kappa shape index (κ2) is 8.62. The summed E-state index contributed by atoms with van der Waals surface area (Å²) in [5, 5.41) is 5.15. The minimum atomic E-state index is -1.39. The van der Waals surface area contributed by atoms with Crippen molar-refractivity contribution in [1.82, 2.24) is 5.32 Å². The van der Waals surface area contributed by atoms with Gasteiger partial charge in [-0.2, -0.15) is 0 Å². The van der Waals surface area contributed by atoms with Crippen LogP contribution in [0.25, 0.3) is 0 Å². The zero-order valence-corrected chi connectivity index (χ0v) is 15.4. The first-order valence-corrected chi connectivity index (χ1v) is 8.42. The van der Waals surface area contributed by atoms with Crippen molar-refractivity contribution in [2.45, 2.75) is 20.3 Å². The average Bonchev–Trinajstić information content (AvgIpc) is 2.64. The summed E-state index contributed by atoms with van der Waals surface area (Å²) in [6.45, 7) is 3.26. The lowest BCUT2D eigenvalue weighted by Gasteiger charge is -2.22. The fraction of sp³-hybridized carbons (Fsp3) is 0.300. The Morgan fingerprint density at radius 1 is 1.04 bits per heavy atom. The molecule has 0 saturated heterocycles. The number of amides is 2. The quantitative estimate of drug-likeness (QED) is 0.729. The Balaban J connectivity index is 1.92. The van der Waals surface area contributed by atoms with Gasteiger partial charge < -0.3 is 15.4 Å². The smallest absolute Gasteiger partial charge is 0.239 e. The monoisotopic (exact) mass is 376 g/mol. The Morgan fingerprint density at radius 3 is 2.44 bits per heavy atom. The molecule has 0 aromatic heterocycles. The molecule has 27 heavy (non-hydrogen) atoms. The van der Waals surface area contributed by atoms with Gasteiger partial charge >= 0.3 is 0 Å². The number of anilines is 1. The van der Waals surface area contributed by atoms with Crippen LogP contribution in [0.4, 0.5) is 14.5 Å². The summed E-state index contributed by atoms with van der Waals surface area (Å²) in [5.74, 6) is -2.45. The second-order valence-corrected chi connectivity index (χ2v) is 6.57. The normalized spacial score (nSPS) is 11.0. The molecule has 0 saturated carbocycles. The van der Waals surface area contributed by atoms with Crippen LogP contribution < -0.4 is 15.4 Å². The largest absolute Gasteiger partial charge is 0.497 e. The van der Waals surface area contributed by atoms with Crippen molar-refractivity contribution in [3.05, 3.63) is 59.7 Å². The van der Waals surface area contributed by atoms with Crippen LogP contribution in [0.2, 0.25) is 0 Å². The molecule has 0 fully saturated rings. The van der Waals surface area contributed by atoms with Gasteiger partial charge in [0.2, 0.25) is 11.8 Å². The number of methoxy groups -OCH3 is 1. The summed E-state index contributed by atoms with van der Waals surface area (Å²) in [4.78, 5) is 24.8. The van der Waals surface area contributed by atoms with E-state index >= 15 is 0 Å². The summed E-state index contributed by atoms with van der Waals surface area (Å²) in [6, 6.07) is 10.5. The van der Waals surface area contributed by atoms with Gasteiger partial charge in [-0.3, -0.25) is 9.59 Å². The average molecular weight is 376 g/mol. The topological polar surface area (TPSA) is 67.4 Å². The van der Waals surface area contributed by atoms with Crippen molar-refractivity contribution in [2.75, 3.05) is 19.0 Å². The maximum atomic E-state index is 13.3. The van der Waals surface area contributed by atoms with Gasteiger partial charge in [-0.1, -0.05) is 12.1 Å². The maximum absolute atomic E-state index is 13.3. The van der Waals surface area contributed by atoms with E-state index in [1.54, 1.807) is 7.11 Å². The highest BCUT2D eigenvalue weighted by atomic mass is 19.2. The molecule has 0 aliphatic rings. The van der Waals surface area contributed by atoms with E-state index in [4.69, 9.17) is 4.74 Å². The molecule has 0 heterocycles. The molecule has 0 bridgehead atoms. The molecule has 5 nitrogen and oxygen atoms in total. The molecular formula is C20H22F2N2O3. The molecule has 7 heteroatoms. The van der Waals surface area contributed by atoms with Crippen LogP contribution in [0, 0.1) is 17.0 Å². The van der Waals surface area contributed by atoms with Gasteiger partial charge in [-0.15, -0.1) is 0 Å². The Hall–Kier alpha value is -2.96. The van der Waals surface area contributed by atoms with E-state index in [1.165, 1.54) is 19.9 Å². The lowest BCUT2D eigenvalue weighted by atomic mass is 9.91. The van der Waals surface area contributed by atoms with Crippen molar-refractivity contribution in [3.63, 3.8) is 0 Å². The SMILES string of the molecule is COc1cccc(CCNC(=O)C(C)(C)C(=O)Nc2ccc(F)c(F)c2)c1. The van der Waals surface area contributed by atoms with Gasteiger partial charge in [0.1, 0.15) is 11.2 Å². The highest BCUT2D eigenvalue weighted by molar-refractivity contribution is 6.09. The van der Waals surface area contributed by atoms with E-state index < -0.39 is 28.9 Å². The first-order chi connectivity index (χ1) is 12.7. The Bertz CT molecular complexity index is 838. The lowest BCUT2D eigenvalue weighted by molar-refractivity contribution is -0.138. The molecule has 0 radical (unpaired) electrons. The molecule has 0 atom stereocenters. The molecule has 0 spiro atoms. The molecule has 0 aliphatic carbocycles. The van der Waals surface area contributed by atoms with Crippen molar-refractivity contribution in [1.29, 1.82) is 0 Å². The number of halogens is 2. The molecule has 0 unspecified atom stereocenters. The number of nitrogens with one attached hydrogen (secondary N) is 2. The van der Waals surface area contributed by atoms with Crippen LogP contribution in [0.5, 0.6) is 5.75 Å². The standard InChI is InChI=1S/C20H22F2N2O3/c1-20(2,19(26)24-14-7-8-16(21)17(22)12-14)18(25)23-10-9-13-5-4-6-15(11-13)27-3/h4-8,11-12H,9-10H2,1-3H3,(H,23,25)(H,24,26). The van der Waals surface area contributed by atoms with E-state index in [-0.39, 0.29) is 5.69 Å². The predicted molar refractivity (Wildman–Crippen MR) is 98.5 cm³/mol. The van der Waals surface area contributed by atoms with E-state index in [9.17, 15) is 18.4 Å². The zero-order valence-electron chi connectivity index (χ0n) is 15.4. The summed E-state index contributed by atoms with van der Waals surface area (Å²) >= 11 is 0. The molecule has 2 aromatic rings. The van der Waals surface area contributed by atoms with Crippen LogP contribution in [0.15, 0.2) is 42.5 Å². The zero-order chi connectivity index (χ0) is 20.0. The Labute approximate surface area is 156 Å². The molecule has 0 aliphatic heterocycles. The van der Waals surface area contributed by atoms with Gasteiger partial charge in [-0.25, -0.2) is 8.78 Å². The highest BCUT2D eigenvalue weighted by Crippen LogP contribution is 2.20. The number of ether oxygens (including phenoxy) is 1. The molecule has 2 rings (SSSR count). The second-order valence-electron chi connectivity index (χ2n) is 6.57. The minimum absolute atomic E-state index is 0.0798. The van der Waals surface area contributed by atoms with Crippen LogP contribution in [-0.2, 0) is 16.0 Å². The van der Waals surface area contributed by atoms with Crippen molar-refractivity contribution < 1.29 is 23.1 Å².